The molecule has 0 N–H and O–H groups in total. The zero-order chi connectivity index (χ0) is 38.4. The van der Waals surface area contributed by atoms with E-state index in [-0.39, 0.29) is 0 Å². The molecule has 10 aromatic carbocycles. The number of fused-ring (bicyclic) bond motifs is 5. The monoisotopic (exact) mass is 738 g/mol. The van der Waals surface area contributed by atoms with Crippen LogP contribution in [0.3, 0.4) is 0 Å². The first-order valence-electron chi connectivity index (χ1n) is 19.9. The second-order valence-electron chi connectivity index (χ2n) is 14.9. The molecule has 58 heavy (non-hydrogen) atoms. The maximum Gasteiger partial charge on any atom is 0.0702 e. The number of nitrogens with zero attached hydrogens (tertiary/aromatic N) is 2. The van der Waals surface area contributed by atoms with Gasteiger partial charge in [0.1, 0.15) is 0 Å². The van der Waals surface area contributed by atoms with Crippen molar-refractivity contribution in [1.29, 1.82) is 0 Å². The summed E-state index contributed by atoms with van der Waals surface area (Å²) in [5.74, 6) is 0. The lowest BCUT2D eigenvalue weighted by Gasteiger charge is -2.31. The molecule has 0 atom stereocenters. The Morgan fingerprint density at radius 1 is 0.293 bits per heavy atom. The zero-order valence-corrected chi connectivity index (χ0v) is 31.8. The fourth-order valence-corrected chi connectivity index (χ4v) is 8.83. The summed E-state index contributed by atoms with van der Waals surface area (Å²) < 4.78 is 2.44. The van der Waals surface area contributed by atoms with Crippen LogP contribution < -0.4 is 4.90 Å². The molecule has 272 valence electrons. The van der Waals surface area contributed by atoms with Gasteiger partial charge >= 0.3 is 0 Å². The highest BCUT2D eigenvalue weighted by molar-refractivity contribution is 6.10. The van der Waals surface area contributed by atoms with Gasteiger partial charge in [-0.25, -0.2) is 0 Å². The van der Waals surface area contributed by atoms with Crippen LogP contribution in [0.15, 0.2) is 231 Å². The van der Waals surface area contributed by atoms with Gasteiger partial charge in [-0.2, -0.15) is 0 Å². The van der Waals surface area contributed by atoms with Gasteiger partial charge in [0.2, 0.25) is 0 Å². The fourth-order valence-electron chi connectivity index (χ4n) is 8.83. The van der Waals surface area contributed by atoms with E-state index < -0.39 is 0 Å². The van der Waals surface area contributed by atoms with Crippen molar-refractivity contribution in [3.05, 3.63) is 231 Å². The van der Waals surface area contributed by atoms with Gasteiger partial charge in [0.15, 0.2) is 0 Å². The lowest BCUT2D eigenvalue weighted by atomic mass is 9.95. The van der Waals surface area contributed by atoms with Crippen molar-refractivity contribution in [1.82, 2.24) is 4.57 Å². The molecule has 2 heteroatoms. The summed E-state index contributed by atoms with van der Waals surface area (Å²) in [7, 11) is 0. The van der Waals surface area contributed by atoms with Crippen molar-refractivity contribution < 1.29 is 0 Å². The Kier molecular flexibility index (Phi) is 8.19. The van der Waals surface area contributed by atoms with Gasteiger partial charge in [0.25, 0.3) is 0 Å². The maximum atomic E-state index is 2.47. The van der Waals surface area contributed by atoms with Crippen molar-refractivity contribution in [2.75, 3.05) is 4.90 Å². The Hall–Kier alpha value is -7.68. The van der Waals surface area contributed by atoms with E-state index in [4.69, 9.17) is 0 Å². The van der Waals surface area contributed by atoms with Crippen molar-refractivity contribution in [2.24, 2.45) is 0 Å². The molecule has 0 aliphatic heterocycles. The Bertz CT molecular complexity index is 3220. The topological polar surface area (TPSA) is 8.17 Å². The minimum Gasteiger partial charge on any atom is -0.308 e. The second-order valence-corrected chi connectivity index (χ2v) is 14.9. The highest BCUT2D eigenvalue weighted by atomic mass is 15.2. The molecular weight excluding hydrogens is 701 g/mol. The van der Waals surface area contributed by atoms with Crippen molar-refractivity contribution in [3.63, 3.8) is 0 Å². The van der Waals surface area contributed by atoms with Gasteiger partial charge in [-0.15, -0.1) is 0 Å². The summed E-state index contributed by atoms with van der Waals surface area (Å²) in [6.45, 7) is 0. The first-order chi connectivity index (χ1) is 28.8. The Balaban J connectivity index is 1.18. The number of para-hydroxylation sites is 4. The smallest absolute Gasteiger partial charge is 0.0702 e. The molecule has 0 spiro atoms. The number of aromatic nitrogens is 1. The van der Waals surface area contributed by atoms with Crippen LogP contribution in [0.2, 0.25) is 0 Å². The maximum absolute atomic E-state index is 2.47. The Morgan fingerprint density at radius 2 is 0.845 bits per heavy atom. The summed E-state index contributed by atoms with van der Waals surface area (Å²) in [4.78, 5) is 2.47. The zero-order valence-electron chi connectivity index (χ0n) is 31.8. The summed E-state index contributed by atoms with van der Waals surface area (Å²) >= 11 is 0. The van der Waals surface area contributed by atoms with E-state index in [0.717, 1.165) is 39.4 Å². The number of hydrogen-bond acceptors (Lipinski definition) is 1. The first-order valence-corrected chi connectivity index (χ1v) is 19.9. The molecule has 0 fully saturated rings. The van der Waals surface area contributed by atoms with Crippen LogP contribution in [0.25, 0.3) is 82.4 Å². The van der Waals surface area contributed by atoms with Gasteiger partial charge in [-0.3, -0.25) is 0 Å². The van der Waals surface area contributed by atoms with Gasteiger partial charge in [-0.05, 0) is 97.9 Å². The molecule has 0 saturated heterocycles. The highest BCUT2D eigenvalue weighted by Gasteiger charge is 2.23. The average Bonchev–Trinajstić information content (AvgIpc) is 3.64. The molecule has 1 aromatic heterocycles. The van der Waals surface area contributed by atoms with Gasteiger partial charge < -0.3 is 9.47 Å². The summed E-state index contributed by atoms with van der Waals surface area (Å²) in [6, 6.07) is 83.9. The molecule has 0 radical (unpaired) electrons. The molecule has 0 saturated carbocycles. The third kappa shape index (κ3) is 5.74. The largest absolute Gasteiger partial charge is 0.308 e. The number of rotatable bonds is 7. The summed E-state index contributed by atoms with van der Waals surface area (Å²) in [5, 5.41) is 7.43. The number of anilines is 3. The van der Waals surface area contributed by atoms with E-state index >= 15 is 0 Å². The second kappa shape index (κ2) is 14.1. The molecule has 0 bridgehead atoms. The summed E-state index contributed by atoms with van der Waals surface area (Å²) in [6.07, 6.45) is 0. The Labute approximate surface area is 338 Å². The third-order valence-corrected chi connectivity index (χ3v) is 11.6. The SMILES string of the molecule is c1ccc(-c2ccc(-c3ccc4ccccc4c3)cc2N(c2ccc(-c3cccc4ccccc34)cc2)c2ccccc2-n2c3ccccc3c3ccccc32)cc1. The number of hydrogen-bond donors (Lipinski definition) is 0. The molecule has 1 heterocycles. The van der Waals surface area contributed by atoms with E-state index in [1.165, 1.54) is 60.0 Å². The van der Waals surface area contributed by atoms with E-state index in [0.29, 0.717) is 0 Å². The minimum absolute atomic E-state index is 1.07. The number of benzene rings is 10. The molecule has 11 aromatic rings. The first kappa shape index (κ1) is 33.6. The highest BCUT2D eigenvalue weighted by Crippen LogP contribution is 2.47. The van der Waals surface area contributed by atoms with Crippen LogP contribution in [0.4, 0.5) is 17.1 Å². The van der Waals surface area contributed by atoms with Crippen molar-refractivity contribution >= 4 is 60.4 Å². The minimum atomic E-state index is 1.07. The third-order valence-electron chi connectivity index (χ3n) is 11.6. The Morgan fingerprint density at radius 3 is 1.62 bits per heavy atom. The van der Waals surface area contributed by atoms with Crippen molar-refractivity contribution in [2.45, 2.75) is 0 Å². The van der Waals surface area contributed by atoms with Gasteiger partial charge in [0.05, 0.1) is 28.1 Å². The molecule has 0 amide bonds. The summed E-state index contributed by atoms with van der Waals surface area (Å²) in [5.41, 5.74) is 13.8. The van der Waals surface area contributed by atoms with Crippen LogP contribution in [0.1, 0.15) is 0 Å². The lowest BCUT2D eigenvalue weighted by molar-refractivity contribution is 1.15. The average molecular weight is 739 g/mol. The fraction of sp³-hybridized carbons (Fsp3) is 0. The molecule has 0 unspecified atom stereocenters. The predicted molar refractivity (Wildman–Crippen MR) is 247 cm³/mol. The predicted octanol–water partition coefficient (Wildman–Crippen LogP) is 15.6. The van der Waals surface area contributed by atoms with Crippen LogP contribution in [0.5, 0.6) is 0 Å². The van der Waals surface area contributed by atoms with Crippen LogP contribution in [-0.4, -0.2) is 4.57 Å². The standard InChI is InChI=1S/C56H38N2/c1-2-16-41(17-3-1)49-36-33-45(44-30-29-39-15-4-5-19-43(39)37-44)38-56(49)57(46-34-31-42(32-35-46)48-24-14-20-40-18-6-7-21-47(40)48)54-27-12-13-28-55(54)58-52-25-10-8-22-50(52)51-23-9-11-26-53(51)58/h1-38H. The molecule has 11 rings (SSSR count). The molecular formula is C56H38N2. The van der Waals surface area contributed by atoms with Gasteiger partial charge in [-0.1, -0.05) is 182 Å². The lowest BCUT2D eigenvalue weighted by Crippen LogP contribution is -2.14. The van der Waals surface area contributed by atoms with E-state index in [9.17, 15) is 0 Å². The quantitative estimate of drug-likeness (QED) is 0.158. The molecule has 2 nitrogen and oxygen atoms in total. The molecule has 0 aliphatic rings. The van der Waals surface area contributed by atoms with Crippen LogP contribution >= 0.6 is 0 Å². The van der Waals surface area contributed by atoms with Crippen LogP contribution in [0, 0.1) is 0 Å². The van der Waals surface area contributed by atoms with E-state index in [1.54, 1.807) is 0 Å². The van der Waals surface area contributed by atoms with Gasteiger partial charge in [0, 0.05) is 22.0 Å². The molecule has 0 aliphatic carbocycles. The normalized spacial score (nSPS) is 11.4. The van der Waals surface area contributed by atoms with Crippen LogP contribution in [-0.2, 0) is 0 Å². The van der Waals surface area contributed by atoms with E-state index in [2.05, 4.69) is 240 Å². The van der Waals surface area contributed by atoms with E-state index in [1.807, 2.05) is 0 Å². The van der Waals surface area contributed by atoms with Crippen molar-refractivity contribution in [3.8, 4) is 39.1 Å².